The summed E-state index contributed by atoms with van der Waals surface area (Å²) in [5, 5.41) is 8.28. The molecule has 6 nitrogen and oxygen atoms in total. The Balaban J connectivity index is 1.37. The van der Waals surface area contributed by atoms with Crippen LogP contribution in [0.4, 0.5) is 4.39 Å². The van der Waals surface area contributed by atoms with E-state index < -0.39 is 0 Å². The minimum Gasteiger partial charge on any atom is -0.492 e. The van der Waals surface area contributed by atoms with Crippen LogP contribution in [0.3, 0.4) is 0 Å². The van der Waals surface area contributed by atoms with Gasteiger partial charge in [0, 0.05) is 23.7 Å². The normalized spacial score (nSPS) is 10.7. The first kappa shape index (κ1) is 21.2. The lowest BCUT2D eigenvalue weighted by molar-refractivity contribution is 0.0774. The Bertz CT molecular complexity index is 1200. The number of carbonyl (C=O) groups is 1. The summed E-state index contributed by atoms with van der Waals surface area (Å²) >= 11 is 0. The van der Waals surface area contributed by atoms with Crippen molar-refractivity contribution in [1.82, 2.24) is 15.1 Å². The number of nitrogens with zero attached hydrogens (tertiary/aromatic N) is 3. The smallest absolute Gasteiger partial charge is 0.253 e. The molecule has 1 aromatic heterocycles. The van der Waals surface area contributed by atoms with Crippen molar-refractivity contribution in [1.29, 1.82) is 0 Å². The van der Waals surface area contributed by atoms with Crippen LogP contribution in [0.15, 0.2) is 77.2 Å². The fourth-order valence-electron chi connectivity index (χ4n) is 3.17. The van der Waals surface area contributed by atoms with Gasteiger partial charge in [0.1, 0.15) is 18.2 Å². The van der Waals surface area contributed by atoms with Crippen LogP contribution in [0.2, 0.25) is 0 Å². The molecule has 0 aliphatic rings. The van der Waals surface area contributed by atoms with Crippen molar-refractivity contribution in [2.75, 3.05) is 20.2 Å². The van der Waals surface area contributed by atoms with Crippen molar-refractivity contribution < 1.29 is 18.3 Å². The third kappa shape index (κ3) is 4.83. The summed E-state index contributed by atoms with van der Waals surface area (Å²) in [6, 6.07) is 20.6. The lowest BCUT2D eigenvalue weighted by atomic mass is 10.1. The molecule has 0 spiro atoms. The standard InChI is InChI=1S/C25H22FN3O3/c1-17-5-3-4-6-22(17)24-28-27-23(32-24)18-7-9-19(10-8-18)25(30)29(2)15-16-31-21-13-11-20(26)12-14-21/h3-14H,15-16H2,1-2H3. The van der Waals surface area contributed by atoms with Crippen LogP contribution in [-0.4, -0.2) is 41.2 Å². The maximum atomic E-state index is 12.9. The van der Waals surface area contributed by atoms with Gasteiger partial charge in [-0.3, -0.25) is 4.79 Å². The number of amides is 1. The minimum absolute atomic E-state index is 0.134. The summed E-state index contributed by atoms with van der Waals surface area (Å²) in [6.07, 6.45) is 0. The second kappa shape index (κ2) is 9.43. The zero-order valence-corrected chi connectivity index (χ0v) is 17.8. The maximum Gasteiger partial charge on any atom is 0.253 e. The predicted octanol–water partition coefficient (Wildman–Crippen LogP) is 5.00. The zero-order chi connectivity index (χ0) is 22.5. The Morgan fingerprint density at radius 1 is 0.969 bits per heavy atom. The quantitative estimate of drug-likeness (QED) is 0.412. The van der Waals surface area contributed by atoms with Gasteiger partial charge in [0.25, 0.3) is 5.91 Å². The number of halogens is 1. The topological polar surface area (TPSA) is 68.5 Å². The number of hydrogen-bond donors (Lipinski definition) is 0. The van der Waals surface area contributed by atoms with Gasteiger partial charge in [-0.25, -0.2) is 4.39 Å². The van der Waals surface area contributed by atoms with Gasteiger partial charge in [0.05, 0.1) is 6.54 Å². The number of ether oxygens (including phenoxy) is 1. The number of aromatic nitrogens is 2. The summed E-state index contributed by atoms with van der Waals surface area (Å²) in [4.78, 5) is 14.2. The van der Waals surface area contributed by atoms with E-state index in [0.717, 1.165) is 16.7 Å². The molecule has 1 heterocycles. The molecule has 162 valence electrons. The Morgan fingerprint density at radius 3 is 2.38 bits per heavy atom. The fraction of sp³-hybridized carbons (Fsp3) is 0.160. The molecule has 0 unspecified atom stereocenters. The molecule has 7 heteroatoms. The van der Waals surface area contributed by atoms with E-state index in [0.29, 0.717) is 36.2 Å². The Kier molecular flexibility index (Phi) is 6.26. The van der Waals surface area contributed by atoms with E-state index in [1.54, 1.807) is 48.3 Å². The summed E-state index contributed by atoms with van der Waals surface area (Å²) in [7, 11) is 1.71. The number of benzene rings is 3. The highest BCUT2D eigenvalue weighted by Gasteiger charge is 2.15. The zero-order valence-electron chi connectivity index (χ0n) is 17.8. The average molecular weight is 431 g/mol. The molecular weight excluding hydrogens is 409 g/mol. The van der Waals surface area contributed by atoms with E-state index in [-0.39, 0.29) is 11.7 Å². The summed E-state index contributed by atoms with van der Waals surface area (Å²) in [5.74, 6) is 0.953. The second-order valence-electron chi connectivity index (χ2n) is 7.33. The van der Waals surface area contributed by atoms with Gasteiger partial charge in [-0.2, -0.15) is 0 Å². The van der Waals surface area contributed by atoms with E-state index in [9.17, 15) is 9.18 Å². The first-order valence-corrected chi connectivity index (χ1v) is 10.1. The molecule has 0 fully saturated rings. The number of aryl methyl sites for hydroxylation is 1. The SMILES string of the molecule is Cc1ccccc1-c1nnc(-c2ccc(C(=O)N(C)CCOc3ccc(F)cc3)cc2)o1. The van der Waals surface area contributed by atoms with E-state index in [1.807, 2.05) is 31.2 Å². The number of likely N-dealkylation sites (N-methyl/N-ethyl adjacent to an activating group) is 1. The van der Waals surface area contributed by atoms with E-state index in [4.69, 9.17) is 9.15 Å². The third-order valence-corrected chi connectivity index (χ3v) is 5.04. The Labute approximate surface area is 185 Å². The van der Waals surface area contributed by atoms with Crippen LogP contribution >= 0.6 is 0 Å². The van der Waals surface area contributed by atoms with Gasteiger partial charge in [0.2, 0.25) is 11.8 Å². The van der Waals surface area contributed by atoms with Crippen molar-refractivity contribution >= 4 is 5.91 Å². The summed E-state index contributed by atoms with van der Waals surface area (Å²) in [5.41, 5.74) is 3.21. The van der Waals surface area contributed by atoms with Gasteiger partial charge in [-0.15, -0.1) is 10.2 Å². The van der Waals surface area contributed by atoms with Gasteiger partial charge in [-0.1, -0.05) is 18.2 Å². The molecule has 32 heavy (non-hydrogen) atoms. The molecule has 3 aromatic carbocycles. The molecule has 0 aliphatic heterocycles. The first-order chi connectivity index (χ1) is 15.5. The van der Waals surface area contributed by atoms with Gasteiger partial charge in [0.15, 0.2) is 0 Å². The molecule has 0 bridgehead atoms. The van der Waals surface area contributed by atoms with Crippen LogP contribution in [0.1, 0.15) is 15.9 Å². The molecule has 0 aliphatic carbocycles. The van der Waals surface area contributed by atoms with Crippen LogP contribution in [0, 0.1) is 12.7 Å². The molecular formula is C25H22FN3O3. The predicted molar refractivity (Wildman–Crippen MR) is 119 cm³/mol. The molecule has 0 radical (unpaired) electrons. The third-order valence-electron chi connectivity index (χ3n) is 5.04. The van der Waals surface area contributed by atoms with Crippen molar-refractivity contribution in [2.45, 2.75) is 6.92 Å². The molecule has 0 N–H and O–H groups in total. The lowest BCUT2D eigenvalue weighted by Gasteiger charge is -2.17. The van der Waals surface area contributed by atoms with Crippen LogP contribution < -0.4 is 4.74 Å². The number of hydrogen-bond acceptors (Lipinski definition) is 5. The highest BCUT2D eigenvalue weighted by molar-refractivity contribution is 5.94. The van der Waals surface area contributed by atoms with Gasteiger partial charge in [-0.05, 0) is 67.1 Å². The lowest BCUT2D eigenvalue weighted by Crippen LogP contribution is -2.30. The van der Waals surface area contributed by atoms with E-state index in [1.165, 1.54) is 12.1 Å². The van der Waals surface area contributed by atoms with E-state index >= 15 is 0 Å². The Hall–Kier alpha value is -4.00. The number of rotatable bonds is 7. The van der Waals surface area contributed by atoms with Crippen LogP contribution in [0.5, 0.6) is 5.75 Å². The molecule has 0 saturated heterocycles. The van der Waals surface area contributed by atoms with Crippen molar-refractivity contribution in [3.05, 3.63) is 89.7 Å². The molecule has 0 saturated carbocycles. The Morgan fingerprint density at radius 2 is 1.66 bits per heavy atom. The fourth-order valence-corrected chi connectivity index (χ4v) is 3.17. The van der Waals surface area contributed by atoms with Crippen molar-refractivity contribution in [3.63, 3.8) is 0 Å². The molecule has 0 atom stereocenters. The van der Waals surface area contributed by atoms with Crippen LogP contribution in [-0.2, 0) is 0 Å². The maximum absolute atomic E-state index is 12.9. The van der Waals surface area contributed by atoms with Gasteiger partial charge < -0.3 is 14.1 Å². The van der Waals surface area contributed by atoms with E-state index in [2.05, 4.69) is 10.2 Å². The highest BCUT2D eigenvalue weighted by Crippen LogP contribution is 2.26. The number of carbonyl (C=O) groups excluding carboxylic acids is 1. The van der Waals surface area contributed by atoms with Crippen LogP contribution in [0.25, 0.3) is 22.9 Å². The summed E-state index contributed by atoms with van der Waals surface area (Å²) < 4.78 is 24.3. The minimum atomic E-state index is -0.319. The molecule has 4 rings (SSSR count). The molecule has 1 amide bonds. The van der Waals surface area contributed by atoms with Crippen molar-refractivity contribution in [2.24, 2.45) is 0 Å². The van der Waals surface area contributed by atoms with Crippen molar-refractivity contribution in [3.8, 4) is 28.7 Å². The average Bonchev–Trinajstić information content (AvgIpc) is 3.30. The summed E-state index contributed by atoms with van der Waals surface area (Å²) in [6.45, 7) is 2.68. The second-order valence-corrected chi connectivity index (χ2v) is 7.33. The highest BCUT2D eigenvalue weighted by atomic mass is 19.1. The van der Waals surface area contributed by atoms with Gasteiger partial charge >= 0.3 is 0 Å². The largest absolute Gasteiger partial charge is 0.492 e. The molecule has 4 aromatic rings. The monoisotopic (exact) mass is 431 g/mol. The first-order valence-electron chi connectivity index (χ1n) is 10.1.